The minimum Gasteiger partial charge on any atom is -0.486 e. The second kappa shape index (κ2) is 6.90. The molecule has 2 aromatic carbocycles. The first kappa shape index (κ1) is 16.8. The van der Waals surface area contributed by atoms with Crippen LogP contribution in [0.3, 0.4) is 0 Å². The number of rotatable bonds is 3. The van der Waals surface area contributed by atoms with Crippen LogP contribution in [-0.4, -0.2) is 31.6 Å². The highest BCUT2D eigenvalue weighted by Crippen LogP contribution is 2.36. The second-order valence-electron chi connectivity index (χ2n) is 7.03. The number of hydrogen-bond acceptors (Lipinski definition) is 4. The van der Waals surface area contributed by atoms with Crippen LogP contribution >= 0.6 is 0 Å². The number of aryl methyl sites for hydroxylation is 1. The summed E-state index contributed by atoms with van der Waals surface area (Å²) >= 11 is 0. The Kier molecular flexibility index (Phi) is 4.45. The molecule has 0 radical (unpaired) electrons. The molecule has 2 aliphatic rings. The standard InChI is InChI=1S/C21H25N3O2/c1-2-17-13-23(19-12-16(22)9-10-20(19)26-17)14-21(25)24-11-5-7-15-6-3-4-8-18(15)24/h3-4,6,8-10,12,17H,2,5,7,11,13-14,22H2,1H3. The Labute approximate surface area is 154 Å². The van der Waals surface area contributed by atoms with Crippen molar-refractivity contribution in [2.45, 2.75) is 32.3 Å². The van der Waals surface area contributed by atoms with Gasteiger partial charge in [0.2, 0.25) is 5.91 Å². The van der Waals surface area contributed by atoms with Crippen molar-refractivity contribution in [3.05, 3.63) is 48.0 Å². The third-order valence-corrected chi connectivity index (χ3v) is 5.23. The Morgan fingerprint density at radius 2 is 2.08 bits per heavy atom. The molecule has 5 heteroatoms. The van der Waals surface area contributed by atoms with Crippen LogP contribution in [0.1, 0.15) is 25.3 Å². The van der Waals surface area contributed by atoms with Crippen molar-refractivity contribution < 1.29 is 9.53 Å². The van der Waals surface area contributed by atoms with Crippen LogP contribution in [0.25, 0.3) is 0 Å². The van der Waals surface area contributed by atoms with E-state index in [0.29, 0.717) is 18.8 Å². The molecule has 0 bridgehead atoms. The molecular weight excluding hydrogens is 326 g/mol. The Bertz CT molecular complexity index is 821. The summed E-state index contributed by atoms with van der Waals surface area (Å²) in [7, 11) is 0. The molecule has 0 aliphatic carbocycles. The number of benzene rings is 2. The predicted molar refractivity (Wildman–Crippen MR) is 105 cm³/mol. The molecule has 0 spiro atoms. The molecule has 0 saturated heterocycles. The van der Waals surface area contributed by atoms with Gasteiger partial charge in [-0.3, -0.25) is 4.79 Å². The molecule has 2 heterocycles. The lowest BCUT2D eigenvalue weighted by atomic mass is 10.0. The fourth-order valence-corrected chi connectivity index (χ4v) is 3.85. The predicted octanol–water partition coefficient (Wildman–Crippen LogP) is 3.23. The summed E-state index contributed by atoms with van der Waals surface area (Å²) in [5, 5.41) is 0. The first-order valence-electron chi connectivity index (χ1n) is 9.35. The number of nitrogens with zero attached hydrogens (tertiary/aromatic N) is 2. The van der Waals surface area contributed by atoms with Crippen LogP contribution in [0.2, 0.25) is 0 Å². The van der Waals surface area contributed by atoms with Crippen molar-refractivity contribution in [3.8, 4) is 5.75 Å². The van der Waals surface area contributed by atoms with E-state index < -0.39 is 0 Å². The SMILES string of the molecule is CCC1CN(CC(=O)N2CCCc3ccccc32)c2cc(N)ccc2O1. The molecule has 2 N–H and O–H groups in total. The number of amides is 1. The largest absolute Gasteiger partial charge is 0.486 e. The van der Waals surface area contributed by atoms with Crippen molar-refractivity contribution in [2.24, 2.45) is 0 Å². The molecule has 0 aromatic heterocycles. The van der Waals surface area contributed by atoms with Crippen LogP contribution in [0, 0.1) is 0 Å². The number of para-hydroxylation sites is 1. The van der Waals surface area contributed by atoms with E-state index in [9.17, 15) is 4.79 Å². The zero-order valence-electron chi connectivity index (χ0n) is 15.1. The minimum atomic E-state index is 0.0903. The van der Waals surface area contributed by atoms with E-state index in [1.807, 2.05) is 41.3 Å². The summed E-state index contributed by atoms with van der Waals surface area (Å²) in [5.74, 6) is 0.937. The average molecular weight is 351 g/mol. The maximum atomic E-state index is 13.1. The number of ether oxygens (including phenoxy) is 1. The van der Waals surface area contributed by atoms with E-state index in [4.69, 9.17) is 10.5 Å². The smallest absolute Gasteiger partial charge is 0.246 e. The molecule has 5 nitrogen and oxygen atoms in total. The highest BCUT2D eigenvalue weighted by Gasteiger charge is 2.29. The Morgan fingerprint density at radius 1 is 1.23 bits per heavy atom. The van der Waals surface area contributed by atoms with Gasteiger partial charge in [-0.1, -0.05) is 25.1 Å². The van der Waals surface area contributed by atoms with Crippen LogP contribution in [0.4, 0.5) is 17.1 Å². The normalized spacial score (nSPS) is 18.7. The van der Waals surface area contributed by atoms with Gasteiger partial charge in [0.05, 0.1) is 18.8 Å². The molecule has 26 heavy (non-hydrogen) atoms. The van der Waals surface area contributed by atoms with Crippen molar-refractivity contribution in [1.82, 2.24) is 0 Å². The summed E-state index contributed by atoms with van der Waals surface area (Å²) in [6.45, 7) is 3.92. The van der Waals surface area contributed by atoms with Gasteiger partial charge in [-0.2, -0.15) is 0 Å². The number of hydrogen-bond donors (Lipinski definition) is 1. The number of nitrogens with two attached hydrogens (primary N) is 1. The summed E-state index contributed by atoms with van der Waals surface area (Å²) < 4.78 is 6.03. The van der Waals surface area contributed by atoms with Gasteiger partial charge in [0.1, 0.15) is 11.9 Å². The quantitative estimate of drug-likeness (QED) is 0.863. The molecule has 4 rings (SSSR count). The molecule has 2 aromatic rings. The van der Waals surface area contributed by atoms with Gasteiger partial charge in [-0.25, -0.2) is 0 Å². The molecule has 1 atom stereocenters. The molecule has 1 amide bonds. The Hall–Kier alpha value is -2.69. The van der Waals surface area contributed by atoms with Gasteiger partial charge in [0.15, 0.2) is 0 Å². The minimum absolute atomic E-state index is 0.0903. The van der Waals surface area contributed by atoms with Gasteiger partial charge in [-0.05, 0) is 49.1 Å². The van der Waals surface area contributed by atoms with E-state index >= 15 is 0 Å². The van der Waals surface area contributed by atoms with Gasteiger partial charge in [-0.15, -0.1) is 0 Å². The molecule has 136 valence electrons. The van der Waals surface area contributed by atoms with Crippen LogP contribution in [0.5, 0.6) is 5.75 Å². The molecule has 0 fully saturated rings. The van der Waals surface area contributed by atoms with Gasteiger partial charge >= 0.3 is 0 Å². The summed E-state index contributed by atoms with van der Waals surface area (Å²) in [6, 6.07) is 13.9. The Morgan fingerprint density at radius 3 is 2.92 bits per heavy atom. The van der Waals surface area contributed by atoms with Crippen molar-refractivity contribution in [2.75, 3.05) is 35.2 Å². The summed E-state index contributed by atoms with van der Waals surface area (Å²) in [4.78, 5) is 17.2. The van der Waals surface area contributed by atoms with Gasteiger partial charge in [0, 0.05) is 17.9 Å². The second-order valence-corrected chi connectivity index (χ2v) is 7.03. The zero-order valence-corrected chi connectivity index (χ0v) is 15.1. The lowest BCUT2D eigenvalue weighted by Gasteiger charge is -2.37. The van der Waals surface area contributed by atoms with Crippen LogP contribution in [0.15, 0.2) is 42.5 Å². The first-order valence-corrected chi connectivity index (χ1v) is 9.35. The van der Waals surface area contributed by atoms with E-state index in [2.05, 4.69) is 17.9 Å². The van der Waals surface area contributed by atoms with E-state index in [1.165, 1.54) is 5.56 Å². The first-order chi connectivity index (χ1) is 12.7. The van der Waals surface area contributed by atoms with Crippen molar-refractivity contribution in [3.63, 3.8) is 0 Å². The van der Waals surface area contributed by atoms with Gasteiger partial charge in [0.25, 0.3) is 0 Å². The van der Waals surface area contributed by atoms with Crippen molar-refractivity contribution >= 4 is 23.0 Å². The van der Waals surface area contributed by atoms with Gasteiger partial charge < -0.3 is 20.3 Å². The third-order valence-electron chi connectivity index (χ3n) is 5.23. The maximum absolute atomic E-state index is 13.1. The monoisotopic (exact) mass is 351 g/mol. The highest BCUT2D eigenvalue weighted by atomic mass is 16.5. The lowest BCUT2D eigenvalue weighted by molar-refractivity contribution is -0.117. The number of fused-ring (bicyclic) bond motifs is 2. The summed E-state index contributed by atoms with van der Waals surface area (Å²) in [5.41, 5.74) is 9.87. The molecule has 0 saturated carbocycles. The van der Waals surface area contributed by atoms with E-state index in [1.54, 1.807) is 0 Å². The number of carbonyl (C=O) groups is 1. The van der Waals surface area contributed by atoms with E-state index in [0.717, 1.165) is 42.9 Å². The summed E-state index contributed by atoms with van der Waals surface area (Å²) in [6.07, 6.45) is 3.04. The topological polar surface area (TPSA) is 58.8 Å². The van der Waals surface area contributed by atoms with Crippen LogP contribution in [-0.2, 0) is 11.2 Å². The average Bonchev–Trinajstić information content (AvgIpc) is 2.67. The number of anilines is 3. The fourth-order valence-electron chi connectivity index (χ4n) is 3.85. The highest BCUT2D eigenvalue weighted by molar-refractivity contribution is 5.97. The zero-order chi connectivity index (χ0) is 18.1. The van der Waals surface area contributed by atoms with E-state index in [-0.39, 0.29) is 12.0 Å². The number of carbonyl (C=O) groups excluding carboxylic acids is 1. The maximum Gasteiger partial charge on any atom is 0.246 e. The van der Waals surface area contributed by atoms with Crippen molar-refractivity contribution in [1.29, 1.82) is 0 Å². The molecule has 1 unspecified atom stereocenters. The van der Waals surface area contributed by atoms with Crippen LogP contribution < -0.4 is 20.3 Å². The third kappa shape index (κ3) is 3.09. The fraction of sp³-hybridized carbons (Fsp3) is 0.381. The molecule has 2 aliphatic heterocycles. The Balaban J connectivity index is 1.59. The number of nitrogen functional groups attached to an aromatic ring is 1. The lowest BCUT2D eigenvalue weighted by Crippen LogP contribution is -2.47. The molecular formula is C21H25N3O2.